The number of alkyl halides is 1. The van der Waals surface area contributed by atoms with Crippen LogP contribution in [-0.2, 0) is 14.3 Å². The highest BCUT2D eigenvalue weighted by molar-refractivity contribution is 6.11. The fourth-order valence-corrected chi connectivity index (χ4v) is 8.89. The van der Waals surface area contributed by atoms with Gasteiger partial charge in [0, 0.05) is 43.7 Å². The summed E-state index contributed by atoms with van der Waals surface area (Å²) in [7, 11) is 1.82. The molecule has 1 N–H and O–H groups in total. The molecule has 3 saturated carbocycles. The summed E-state index contributed by atoms with van der Waals surface area (Å²) in [6, 6.07) is -0.185. The Kier molecular flexibility index (Phi) is 7.74. The van der Waals surface area contributed by atoms with Gasteiger partial charge in [0.25, 0.3) is 5.88 Å². The Morgan fingerprint density at radius 3 is 2.52 bits per heavy atom. The fourth-order valence-electron chi connectivity index (χ4n) is 8.89. The molecule has 1 unspecified atom stereocenters. The molecule has 12 heteroatoms. The topological polar surface area (TPSA) is 106 Å². The number of hydrogen-bond acceptors (Lipinski definition) is 10. The van der Waals surface area contributed by atoms with Crippen molar-refractivity contribution in [3.63, 3.8) is 0 Å². The third-order valence-electron chi connectivity index (χ3n) is 11.1. The first-order chi connectivity index (χ1) is 21.1. The van der Waals surface area contributed by atoms with Gasteiger partial charge in [-0.15, -0.1) is 0 Å². The van der Waals surface area contributed by atoms with Crippen molar-refractivity contribution in [2.24, 2.45) is 11.3 Å². The first-order valence-corrected chi connectivity index (χ1v) is 16.5. The van der Waals surface area contributed by atoms with E-state index in [0.29, 0.717) is 58.4 Å². The number of carbonyl (C=O) groups excluding carboxylic acids is 2. The van der Waals surface area contributed by atoms with Gasteiger partial charge in [-0.3, -0.25) is 14.5 Å². The number of likely N-dealkylation sites (tertiary alicyclic amines) is 1. The standard InChI is InChI=1S/C32H45F2N5O5/c1-19-16-39(18-30(37-19)11-12-30)28-24(34)29(44-20(2)23-15-21(33)17-38(23)3)36-27(35-28)25(40)22-7-6-9-31(26(22)41)8-4-5-10-32(31)42-13-14-43-32/h19-23,37H,4-18H2,1-3H3/t19-,20+,21-,22?,23+,31+/m1/s1. The average Bonchev–Trinajstić information content (AvgIpc) is 3.37. The van der Waals surface area contributed by atoms with E-state index in [1.807, 2.05) is 23.8 Å². The van der Waals surface area contributed by atoms with Crippen LogP contribution in [0, 0.1) is 17.2 Å². The van der Waals surface area contributed by atoms with E-state index in [2.05, 4.69) is 15.3 Å². The third-order valence-corrected chi connectivity index (χ3v) is 11.1. The zero-order valence-electron chi connectivity index (χ0n) is 26.1. The summed E-state index contributed by atoms with van der Waals surface area (Å²) in [5.74, 6) is -3.91. The van der Waals surface area contributed by atoms with Gasteiger partial charge in [-0.1, -0.05) is 12.8 Å². The number of nitrogens with zero attached hydrogens (tertiary/aromatic N) is 4. The van der Waals surface area contributed by atoms with Crippen LogP contribution in [0.2, 0.25) is 0 Å². The van der Waals surface area contributed by atoms with Crippen molar-refractivity contribution in [2.75, 3.05) is 44.8 Å². The highest BCUT2D eigenvalue weighted by Crippen LogP contribution is 2.56. The lowest BCUT2D eigenvalue weighted by Crippen LogP contribution is -2.60. The lowest BCUT2D eigenvalue weighted by Gasteiger charge is -2.51. The molecule has 6 aliphatic rings. The highest BCUT2D eigenvalue weighted by atomic mass is 19.1. The van der Waals surface area contributed by atoms with Crippen molar-refractivity contribution in [2.45, 2.75) is 114 Å². The molecule has 242 valence electrons. The Morgan fingerprint density at radius 2 is 1.82 bits per heavy atom. The number of fused-ring (bicyclic) bond motifs is 1. The van der Waals surface area contributed by atoms with Gasteiger partial charge in [-0.25, -0.2) is 9.37 Å². The first kappa shape index (κ1) is 30.4. The minimum absolute atomic E-state index is 0.0166. The molecule has 0 aromatic carbocycles. The van der Waals surface area contributed by atoms with Gasteiger partial charge < -0.3 is 24.4 Å². The predicted molar refractivity (Wildman–Crippen MR) is 157 cm³/mol. The van der Waals surface area contributed by atoms with Crippen molar-refractivity contribution < 1.29 is 32.6 Å². The average molecular weight is 618 g/mol. The monoisotopic (exact) mass is 617 g/mol. The van der Waals surface area contributed by atoms with Crippen LogP contribution in [0.1, 0.15) is 88.7 Å². The predicted octanol–water partition coefficient (Wildman–Crippen LogP) is 3.61. The number of likely N-dealkylation sites (N-methyl/N-ethyl adjacent to an activating group) is 1. The summed E-state index contributed by atoms with van der Waals surface area (Å²) in [6.45, 7) is 6.00. The van der Waals surface area contributed by atoms with Gasteiger partial charge >= 0.3 is 0 Å². The lowest BCUT2D eigenvalue weighted by atomic mass is 9.57. The molecule has 6 atom stereocenters. The van der Waals surface area contributed by atoms with E-state index in [1.165, 1.54) is 0 Å². The summed E-state index contributed by atoms with van der Waals surface area (Å²) in [5, 5.41) is 3.62. The van der Waals surface area contributed by atoms with Gasteiger partial charge in [-0.2, -0.15) is 9.37 Å². The largest absolute Gasteiger partial charge is 0.471 e. The number of anilines is 1. The Balaban J connectivity index is 1.23. The van der Waals surface area contributed by atoms with Crippen LogP contribution in [0.25, 0.3) is 0 Å². The van der Waals surface area contributed by atoms with Crippen LogP contribution >= 0.6 is 0 Å². The second kappa shape index (κ2) is 11.2. The molecule has 3 aliphatic heterocycles. The molecule has 0 amide bonds. The van der Waals surface area contributed by atoms with E-state index in [-0.39, 0.29) is 53.9 Å². The minimum Gasteiger partial charge on any atom is -0.471 e. The smallest absolute Gasteiger partial charge is 0.256 e. The molecule has 0 bridgehead atoms. The Morgan fingerprint density at radius 1 is 1.09 bits per heavy atom. The van der Waals surface area contributed by atoms with Gasteiger partial charge in [0.2, 0.25) is 17.4 Å². The van der Waals surface area contributed by atoms with Crippen LogP contribution < -0.4 is 15.0 Å². The Hall–Kier alpha value is -2.28. The van der Waals surface area contributed by atoms with E-state index >= 15 is 4.39 Å². The number of hydrogen-bond donors (Lipinski definition) is 1. The first-order valence-electron chi connectivity index (χ1n) is 16.5. The van der Waals surface area contributed by atoms with Crippen molar-refractivity contribution >= 4 is 17.4 Å². The van der Waals surface area contributed by atoms with Gasteiger partial charge in [0.05, 0.1) is 24.5 Å². The third kappa shape index (κ3) is 5.04. The molecule has 1 aromatic rings. The fraction of sp³-hybridized carbons (Fsp3) is 0.812. The number of ketones is 2. The van der Waals surface area contributed by atoms with Crippen LogP contribution in [0.3, 0.4) is 0 Å². The summed E-state index contributed by atoms with van der Waals surface area (Å²) < 4.78 is 48.9. The molecule has 3 spiro atoms. The van der Waals surface area contributed by atoms with Gasteiger partial charge in [0.15, 0.2) is 17.4 Å². The normalized spacial score (nSPS) is 35.5. The van der Waals surface area contributed by atoms with Crippen LogP contribution in [0.15, 0.2) is 0 Å². The number of ether oxygens (including phenoxy) is 3. The van der Waals surface area contributed by atoms with E-state index in [9.17, 15) is 14.0 Å². The molecule has 7 rings (SSSR count). The van der Waals surface area contributed by atoms with Crippen molar-refractivity contribution in [1.29, 1.82) is 0 Å². The highest BCUT2D eigenvalue weighted by Gasteiger charge is 2.64. The number of carbonyl (C=O) groups is 2. The molecular weight excluding hydrogens is 572 g/mol. The zero-order valence-corrected chi connectivity index (χ0v) is 26.1. The Bertz CT molecular complexity index is 1300. The molecule has 1 aromatic heterocycles. The maximum Gasteiger partial charge on any atom is 0.256 e. The molecule has 3 saturated heterocycles. The zero-order chi connectivity index (χ0) is 30.9. The minimum atomic E-state index is -0.989. The second-order valence-corrected chi connectivity index (χ2v) is 14.3. The van der Waals surface area contributed by atoms with Gasteiger partial charge in [-0.05, 0) is 65.8 Å². The van der Waals surface area contributed by atoms with E-state index in [4.69, 9.17) is 14.2 Å². The van der Waals surface area contributed by atoms with E-state index in [1.54, 1.807) is 6.92 Å². The molecular formula is C32H45F2N5O5. The van der Waals surface area contributed by atoms with Crippen LogP contribution in [0.4, 0.5) is 14.6 Å². The van der Waals surface area contributed by atoms with Crippen molar-refractivity contribution in [3.05, 3.63) is 11.6 Å². The number of Topliss-reactive ketones (excluding diaryl/α,β-unsaturated/α-hetero) is 2. The van der Waals surface area contributed by atoms with Crippen molar-refractivity contribution in [1.82, 2.24) is 20.2 Å². The number of nitrogens with one attached hydrogen (secondary N) is 1. The maximum atomic E-state index is 16.3. The summed E-state index contributed by atoms with van der Waals surface area (Å²) in [5.41, 5.74) is -0.988. The van der Waals surface area contributed by atoms with Crippen LogP contribution in [-0.4, -0.2) is 102 Å². The van der Waals surface area contributed by atoms with E-state index in [0.717, 1.165) is 25.7 Å². The SMILES string of the molecule is C[C@@H]1CN(c2nc(C(=O)C3CCC[C@@]4(CCCCC45OCCO5)C3=O)nc(O[C@@H](C)[C@@H]3C[C@@H](F)CN3C)c2F)CC2(CC2)N1. The molecule has 44 heavy (non-hydrogen) atoms. The van der Waals surface area contributed by atoms with Crippen LogP contribution in [0.5, 0.6) is 5.88 Å². The molecule has 3 aliphatic carbocycles. The summed E-state index contributed by atoms with van der Waals surface area (Å²) in [4.78, 5) is 41.3. The van der Waals surface area contributed by atoms with Gasteiger partial charge in [0.1, 0.15) is 12.3 Å². The summed E-state index contributed by atoms with van der Waals surface area (Å²) in [6.07, 6.45) is 5.32. The van der Waals surface area contributed by atoms with Crippen molar-refractivity contribution in [3.8, 4) is 5.88 Å². The van der Waals surface area contributed by atoms with E-state index < -0.39 is 41.0 Å². The molecule has 0 radical (unpaired) electrons. The maximum absolute atomic E-state index is 16.3. The number of halogens is 2. The molecule has 10 nitrogen and oxygen atoms in total. The molecule has 6 fully saturated rings. The summed E-state index contributed by atoms with van der Waals surface area (Å²) >= 11 is 0. The molecule has 4 heterocycles. The number of rotatable bonds is 6. The second-order valence-electron chi connectivity index (χ2n) is 14.3. The lowest BCUT2D eigenvalue weighted by molar-refractivity contribution is -0.255. The number of piperazine rings is 1. The quantitative estimate of drug-likeness (QED) is 0.376. The number of aromatic nitrogens is 2. The Labute approximate surface area is 257 Å².